The summed E-state index contributed by atoms with van der Waals surface area (Å²) in [5.74, 6) is 0.269. The van der Waals surface area contributed by atoms with Crippen LogP contribution in [0, 0.1) is 5.92 Å². The van der Waals surface area contributed by atoms with Gasteiger partial charge in [-0.2, -0.15) is 0 Å². The van der Waals surface area contributed by atoms with Crippen LogP contribution in [0.4, 0.5) is 0 Å². The molecule has 1 aliphatic carbocycles. The molecule has 0 spiro atoms. The summed E-state index contributed by atoms with van der Waals surface area (Å²) in [7, 11) is 0. The Bertz CT molecular complexity index is 902. The number of aliphatic carboxylic acids is 1. The van der Waals surface area contributed by atoms with Gasteiger partial charge in [0.2, 0.25) is 5.91 Å². The molecule has 0 heterocycles. The lowest BCUT2D eigenvalue weighted by atomic mass is 9.86. The minimum Gasteiger partial charge on any atom is -0.477 e. The number of carboxylic acids is 1. The van der Waals surface area contributed by atoms with Gasteiger partial charge in [-0.1, -0.05) is 68.0 Å². The summed E-state index contributed by atoms with van der Waals surface area (Å²) in [6.45, 7) is 0. The fourth-order valence-electron chi connectivity index (χ4n) is 3.63. The number of ether oxygens (including phenoxy) is 1. The van der Waals surface area contributed by atoms with Gasteiger partial charge in [-0.15, -0.1) is 0 Å². The Hall–Kier alpha value is -2.79. The van der Waals surface area contributed by atoms with Gasteiger partial charge in [0.15, 0.2) is 0 Å². The third kappa shape index (κ3) is 6.63. The molecular formula is C24H26ClNO4. The molecule has 2 N–H and O–H groups in total. The minimum absolute atomic E-state index is 0.136. The van der Waals surface area contributed by atoms with Crippen LogP contribution in [0.15, 0.2) is 54.2 Å². The molecule has 1 saturated carbocycles. The molecule has 2 aromatic rings. The van der Waals surface area contributed by atoms with Crippen molar-refractivity contribution in [1.29, 1.82) is 0 Å². The summed E-state index contributed by atoms with van der Waals surface area (Å²) in [6, 6.07) is 14.0. The van der Waals surface area contributed by atoms with E-state index in [-0.39, 0.29) is 11.6 Å². The number of carbonyl (C=O) groups excluding carboxylic acids is 1. The van der Waals surface area contributed by atoms with Gasteiger partial charge < -0.3 is 15.2 Å². The zero-order chi connectivity index (χ0) is 21.3. The Morgan fingerprint density at radius 3 is 2.43 bits per heavy atom. The zero-order valence-electron chi connectivity index (χ0n) is 16.8. The van der Waals surface area contributed by atoms with Crippen molar-refractivity contribution >= 4 is 29.6 Å². The number of benzene rings is 2. The van der Waals surface area contributed by atoms with E-state index in [1.54, 1.807) is 36.4 Å². The Balaban J connectivity index is 1.59. The number of rotatable bonds is 8. The molecule has 6 heteroatoms. The van der Waals surface area contributed by atoms with Crippen molar-refractivity contribution in [2.24, 2.45) is 5.92 Å². The first-order valence-electron chi connectivity index (χ1n) is 10.3. The maximum Gasteiger partial charge on any atom is 0.352 e. The van der Waals surface area contributed by atoms with Crippen molar-refractivity contribution in [3.63, 3.8) is 0 Å². The normalized spacial score (nSPS) is 14.9. The molecule has 0 saturated heterocycles. The number of carboxylic acid groups (broad SMARTS) is 1. The van der Waals surface area contributed by atoms with Crippen molar-refractivity contribution in [2.45, 2.75) is 44.9 Å². The molecule has 2 aromatic carbocycles. The molecule has 3 rings (SSSR count). The van der Waals surface area contributed by atoms with E-state index < -0.39 is 5.97 Å². The van der Waals surface area contributed by atoms with Crippen molar-refractivity contribution in [2.75, 3.05) is 0 Å². The van der Waals surface area contributed by atoms with E-state index >= 15 is 0 Å². The standard InChI is InChI=1S/C24H26ClNO4/c25-20-8-4-5-9-22(20)30-19-13-10-18(11-14-19)16-21(24(28)29)26-23(27)15-12-17-6-2-1-3-7-17/h4-5,8-11,13-14,16-17H,1-3,6-7,12,15H2,(H,26,27)(H,28,29). The highest BCUT2D eigenvalue weighted by atomic mass is 35.5. The van der Waals surface area contributed by atoms with Crippen molar-refractivity contribution in [1.82, 2.24) is 5.32 Å². The van der Waals surface area contributed by atoms with Crippen molar-refractivity contribution < 1.29 is 19.4 Å². The molecule has 0 aliphatic heterocycles. The van der Waals surface area contributed by atoms with Crippen molar-refractivity contribution in [3.05, 3.63) is 64.8 Å². The van der Waals surface area contributed by atoms with Crippen molar-refractivity contribution in [3.8, 4) is 11.5 Å². The van der Waals surface area contributed by atoms with Crippen LogP contribution in [-0.2, 0) is 9.59 Å². The van der Waals surface area contributed by atoms with Crippen LogP contribution in [0.5, 0.6) is 11.5 Å². The monoisotopic (exact) mass is 427 g/mol. The van der Waals surface area contributed by atoms with Crippen LogP contribution in [0.25, 0.3) is 6.08 Å². The maximum atomic E-state index is 12.2. The highest BCUT2D eigenvalue weighted by Gasteiger charge is 2.17. The summed E-state index contributed by atoms with van der Waals surface area (Å²) < 4.78 is 5.73. The molecule has 158 valence electrons. The van der Waals surface area contributed by atoms with Gasteiger partial charge in [-0.3, -0.25) is 4.79 Å². The van der Waals surface area contributed by atoms with E-state index in [0.29, 0.717) is 34.4 Å². The first-order chi connectivity index (χ1) is 14.5. The number of hydrogen-bond donors (Lipinski definition) is 2. The predicted octanol–water partition coefficient (Wildman–Crippen LogP) is 6.03. The number of para-hydroxylation sites is 1. The van der Waals surface area contributed by atoms with Gasteiger partial charge in [0, 0.05) is 6.42 Å². The Labute approximate surface area is 181 Å². The lowest BCUT2D eigenvalue weighted by Crippen LogP contribution is -2.27. The van der Waals surface area contributed by atoms with E-state index in [4.69, 9.17) is 16.3 Å². The van der Waals surface area contributed by atoms with Gasteiger partial charge in [0.05, 0.1) is 5.02 Å². The second-order valence-electron chi connectivity index (χ2n) is 7.56. The summed E-state index contributed by atoms with van der Waals surface area (Å²) >= 11 is 6.09. The maximum absolute atomic E-state index is 12.2. The highest BCUT2D eigenvalue weighted by molar-refractivity contribution is 6.32. The van der Waals surface area contributed by atoms with E-state index in [2.05, 4.69) is 5.32 Å². The van der Waals surface area contributed by atoms with E-state index in [1.165, 1.54) is 25.3 Å². The average molecular weight is 428 g/mol. The lowest BCUT2D eigenvalue weighted by molar-refractivity contribution is -0.134. The lowest BCUT2D eigenvalue weighted by Gasteiger charge is -2.21. The topological polar surface area (TPSA) is 75.6 Å². The van der Waals surface area contributed by atoms with Crippen LogP contribution in [0.3, 0.4) is 0 Å². The number of carbonyl (C=O) groups is 2. The second kappa shape index (κ2) is 10.8. The molecule has 0 bridgehead atoms. The third-order valence-electron chi connectivity index (χ3n) is 5.26. The minimum atomic E-state index is -1.17. The van der Waals surface area contributed by atoms with E-state index in [1.807, 2.05) is 12.1 Å². The molecule has 1 amide bonds. The smallest absolute Gasteiger partial charge is 0.352 e. The highest BCUT2D eigenvalue weighted by Crippen LogP contribution is 2.29. The van der Waals surface area contributed by atoms with Crippen LogP contribution in [-0.4, -0.2) is 17.0 Å². The van der Waals surface area contributed by atoms with E-state index in [9.17, 15) is 14.7 Å². The van der Waals surface area contributed by atoms with Gasteiger partial charge in [0.1, 0.15) is 17.2 Å². The summed E-state index contributed by atoms with van der Waals surface area (Å²) in [4.78, 5) is 23.8. The average Bonchev–Trinajstić information content (AvgIpc) is 2.75. The number of amides is 1. The van der Waals surface area contributed by atoms with Gasteiger partial charge >= 0.3 is 5.97 Å². The van der Waals surface area contributed by atoms with Gasteiger partial charge in [-0.25, -0.2) is 4.79 Å². The van der Waals surface area contributed by atoms with Gasteiger partial charge in [-0.05, 0) is 48.2 Å². The Morgan fingerprint density at radius 2 is 1.77 bits per heavy atom. The zero-order valence-corrected chi connectivity index (χ0v) is 17.5. The predicted molar refractivity (Wildman–Crippen MR) is 118 cm³/mol. The van der Waals surface area contributed by atoms with Crippen LogP contribution < -0.4 is 10.1 Å². The van der Waals surface area contributed by atoms with Crippen LogP contribution in [0.2, 0.25) is 5.02 Å². The van der Waals surface area contributed by atoms with Crippen LogP contribution in [0.1, 0.15) is 50.5 Å². The fourth-order valence-corrected chi connectivity index (χ4v) is 3.80. The van der Waals surface area contributed by atoms with Gasteiger partial charge in [0.25, 0.3) is 0 Å². The number of hydrogen-bond acceptors (Lipinski definition) is 3. The molecule has 0 aromatic heterocycles. The SMILES string of the molecule is O=C(CCC1CCCCC1)NC(=Cc1ccc(Oc2ccccc2Cl)cc1)C(=O)O. The van der Waals surface area contributed by atoms with E-state index in [0.717, 1.165) is 19.3 Å². The molecule has 5 nitrogen and oxygen atoms in total. The molecule has 0 radical (unpaired) electrons. The number of halogens is 1. The van der Waals surface area contributed by atoms with Crippen LogP contribution >= 0.6 is 11.6 Å². The summed E-state index contributed by atoms with van der Waals surface area (Å²) in [5, 5.41) is 12.5. The summed E-state index contributed by atoms with van der Waals surface area (Å²) in [5.41, 5.74) is 0.509. The fraction of sp³-hybridized carbons (Fsp3) is 0.333. The molecule has 0 atom stereocenters. The first-order valence-corrected chi connectivity index (χ1v) is 10.7. The Morgan fingerprint density at radius 1 is 1.07 bits per heavy atom. The first kappa shape index (κ1) is 21.9. The molecular weight excluding hydrogens is 402 g/mol. The molecule has 1 aliphatic rings. The Kier molecular flexibility index (Phi) is 7.91. The largest absolute Gasteiger partial charge is 0.477 e. The molecule has 1 fully saturated rings. The summed E-state index contributed by atoms with van der Waals surface area (Å²) in [6.07, 6.45) is 8.66. The quantitative estimate of drug-likeness (QED) is 0.504. The third-order valence-corrected chi connectivity index (χ3v) is 5.58. The number of nitrogens with one attached hydrogen (secondary N) is 1. The second-order valence-corrected chi connectivity index (χ2v) is 7.96. The molecule has 30 heavy (non-hydrogen) atoms. The molecule has 0 unspecified atom stereocenters.